The van der Waals surface area contributed by atoms with Gasteiger partial charge < -0.3 is 14.4 Å². The van der Waals surface area contributed by atoms with Crippen LogP contribution in [0.2, 0.25) is 5.02 Å². The van der Waals surface area contributed by atoms with Crippen LogP contribution in [0.25, 0.3) is 0 Å². The number of sulfonamides is 1. The molecule has 0 radical (unpaired) electrons. The van der Waals surface area contributed by atoms with E-state index in [4.69, 9.17) is 16.3 Å². The zero-order valence-corrected chi connectivity index (χ0v) is 24.7. The minimum atomic E-state index is -4.74. The van der Waals surface area contributed by atoms with Crippen molar-refractivity contribution in [2.45, 2.75) is 48.8 Å². The van der Waals surface area contributed by atoms with Gasteiger partial charge in [-0.1, -0.05) is 23.7 Å². The first-order chi connectivity index (χ1) is 20.4. The molecule has 5 rings (SSSR count). The Labute approximate surface area is 252 Å². The summed E-state index contributed by atoms with van der Waals surface area (Å²) in [6.45, 7) is 0.798. The fourth-order valence-electron chi connectivity index (χ4n) is 5.56. The Morgan fingerprint density at radius 2 is 1.86 bits per heavy atom. The summed E-state index contributed by atoms with van der Waals surface area (Å²) in [5.41, 5.74) is 0.119. The van der Waals surface area contributed by atoms with E-state index in [0.717, 1.165) is 28.9 Å². The predicted octanol–water partition coefficient (Wildman–Crippen LogP) is 6.79. The zero-order chi connectivity index (χ0) is 30.9. The van der Waals surface area contributed by atoms with Crippen molar-refractivity contribution in [3.63, 3.8) is 0 Å². The van der Waals surface area contributed by atoms with Gasteiger partial charge in [-0.3, -0.25) is 9.10 Å². The Hall–Kier alpha value is -3.51. The maximum absolute atomic E-state index is 14.7. The number of hydrogen-bond donors (Lipinski definition) is 0. The van der Waals surface area contributed by atoms with Crippen molar-refractivity contribution in [3.05, 3.63) is 82.6 Å². The topological polar surface area (TPSA) is 76.2 Å². The van der Waals surface area contributed by atoms with Crippen molar-refractivity contribution in [1.29, 1.82) is 0 Å². The third kappa shape index (κ3) is 6.54. The van der Waals surface area contributed by atoms with Crippen LogP contribution < -0.4 is 13.9 Å². The lowest BCUT2D eigenvalue weighted by molar-refractivity contribution is -0.141. The molecular formula is C30H29ClF4N2O5S. The van der Waals surface area contributed by atoms with Crippen molar-refractivity contribution < 1.29 is 40.2 Å². The number of ether oxygens (including phenoxy) is 2. The predicted molar refractivity (Wildman–Crippen MR) is 154 cm³/mol. The maximum atomic E-state index is 14.7. The van der Waals surface area contributed by atoms with Gasteiger partial charge >= 0.3 is 12.1 Å². The second-order valence-electron chi connectivity index (χ2n) is 10.5. The fraction of sp³-hybridized carbons (Fsp3) is 0.367. The second kappa shape index (κ2) is 12.2. The number of nitrogens with zero attached hydrogens (tertiary/aromatic N) is 2. The molecule has 0 spiro atoms. The third-order valence-corrected chi connectivity index (χ3v) is 9.82. The fourth-order valence-corrected chi connectivity index (χ4v) is 7.43. The third-order valence-electron chi connectivity index (χ3n) is 7.72. The van der Waals surface area contributed by atoms with E-state index in [1.165, 1.54) is 13.2 Å². The molecule has 13 heteroatoms. The number of benzene rings is 3. The van der Waals surface area contributed by atoms with Gasteiger partial charge in [0.25, 0.3) is 10.0 Å². The van der Waals surface area contributed by atoms with Crippen LogP contribution in [0, 0.1) is 5.82 Å². The number of methoxy groups -OCH3 is 1. The van der Waals surface area contributed by atoms with Crippen molar-refractivity contribution in [1.82, 2.24) is 0 Å². The van der Waals surface area contributed by atoms with Crippen LogP contribution in [0.1, 0.15) is 42.7 Å². The lowest BCUT2D eigenvalue weighted by Crippen LogP contribution is -2.44. The normalized spacial score (nSPS) is 19.0. The molecule has 0 bridgehead atoms. The summed E-state index contributed by atoms with van der Waals surface area (Å²) in [6.07, 6.45) is -3.98. The first kappa shape index (κ1) is 30.9. The van der Waals surface area contributed by atoms with Crippen LogP contribution in [-0.2, 0) is 25.7 Å². The molecule has 0 aromatic heterocycles. The molecule has 1 unspecified atom stereocenters. The lowest BCUT2D eigenvalue weighted by Gasteiger charge is -2.38. The highest BCUT2D eigenvalue weighted by Gasteiger charge is 2.38. The molecule has 2 atom stereocenters. The molecule has 0 N–H and O–H groups in total. The van der Waals surface area contributed by atoms with E-state index < -0.39 is 44.5 Å². The molecular weight excluding hydrogens is 612 g/mol. The Morgan fingerprint density at radius 3 is 2.58 bits per heavy atom. The monoisotopic (exact) mass is 640 g/mol. The quantitative estimate of drug-likeness (QED) is 0.209. The number of esters is 1. The first-order valence-electron chi connectivity index (χ1n) is 13.6. The van der Waals surface area contributed by atoms with Gasteiger partial charge in [0.15, 0.2) is 0 Å². The average molecular weight is 641 g/mol. The number of anilines is 2. The highest BCUT2D eigenvalue weighted by atomic mass is 35.5. The summed E-state index contributed by atoms with van der Waals surface area (Å²) in [4.78, 5) is 13.2. The molecule has 1 fully saturated rings. The smallest absolute Gasteiger partial charge is 0.416 e. The molecule has 43 heavy (non-hydrogen) atoms. The molecule has 0 saturated carbocycles. The van der Waals surface area contributed by atoms with E-state index in [1.807, 2.05) is 4.90 Å². The molecule has 230 valence electrons. The highest BCUT2D eigenvalue weighted by molar-refractivity contribution is 7.92. The summed E-state index contributed by atoms with van der Waals surface area (Å²) < 4.78 is 94.7. The van der Waals surface area contributed by atoms with Crippen LogP contribution in [0.5, 0.6) is 5.75 Å². The summed E-state index contributed by atoms with van der Waals surface area (Å²) in [7, 11) is -3.26. The van der Waals surface area contributed by atoms with Gasteiger partial charge in [0.1, 0.15) is 17.7 Å². The van der Waals surface area contributed by atoms with Crippen molar-refractivity contribution in [2.75, 3.05) is 35.9 Å². The van der Waals surface area contributed by atoms with Gasteiger partial charge in [0.05, 0.1) is 29.8 Å². The number of carbonyl (C=O) groups is 1. The number of piperidine rings is 1. The molecule has 2 heterocycles. The Bertz CT molecular complexity index is 1600. The number of rotatable bonds is 7. The van der Waals surface area contributed by atoms with Crippen LogP contribution in [0.15, 0.2) is 65.6 Å². The van der Waals surface area contributed by atoms with E-state index in [9.17, 15) is 30.8 Å². The van der Waals surface area contributed by atoms with Gasteiger partial charge in [-0.05, 0) is 67.8 Å². The average Bonchev–Trinajstić information content (AvgIpc) is 2.99. The van der Waals surface area contributed by atoms with Crippen LogP contribution in [-0.4, -0.2) is 47.2 Å². The molecule has 1 saturated heterocycles. The van der Waals surface area contributed by atoms with Gasteiger partial charge in [-0.2, -0.15) is 13.2 Å². The number of halogens is 5. The summed E-state index contributed by atoms with van der Waals surface area (Å²) in [6, 6.07) is 13.1. The highest BCUT2D eigenvalue weighted by Crippen LogP contribution is 2.43. The molecule has 3 aromatic carbocycles. The van der Waals surface area contributed by atoms with E-state index in [2.05, 4.69) is 4.74 Å². The number of carbonyl (C=O) groups excluding carboxylic acids is 1. The zero-order valence-electron chi connectivity index (χ0n) is 23.1. The van der Waals surface area contributed by atoms with Gasteiger partial charge in [-0.25, -0.2) is 12.8 Å². The minimum absolute atomic E-state index is 0.0419. The largest absolute Gasteiger partial charge is 0.486 e. The van der Waals surface area contributed by atoms with Gasteiger partial charge in [0.2, 0.25) is 0 Å². The van der Waals surface area contributed by atoms with Gasteiger partial charge in [0, 0.05) is 41.7 Å². The van der Waals surface area contributed by atoms with Gasteiger partial charge in [-0.15, -0.1) is 0 Å². The molecule has 2 aliphatic heterocycles. The molecule has 7 nitrogen and oxygen atoms in total. The maximum Gasteiger partial charge on any atom is 0.416 e. The standard InChI is InChI=1S/C30H29ClF4N2O5S/c1-41-28(38)13-11-22-18-37(43(39,40)23-7-2-6-20(15-23)30(33,34)35)26-16-21(10-12-27(26)42-22)36-14-4-5-19(17-36)29-24(31)8-3-9-25(29)32/h2-3,6-10,12,15-16,19,22H,4-5,11,13-14,17-18H2,1H3/t19?,22-/m0/s1. The van der Waals surface area contributed by atoms with Crippen LogP contribution in [0.4, 0.5) is 28.9 Å². The van der Waals surface area contributed by atoms with Crippen LogP contribution in [0.3, 0.4) is 0 Å². The van der Waals surface area contributed by atoms with E-state index >= 15 is 0 Å². The Morgan fingerprint density at radius 1 is 1.09 bits per heavy atom. The van der Waals surface area contributed by atoms with Crippen molar-refractivity contribution in [2.24, 2.45) is 0 Å². The molecule has 0 amide bonds. The SMILES string of the molecule is COC(=O)CC[C@H]1CN(S(=O)(=O)c2cccc(C(F)(F)F)c2)c2cc(N3CCCC(c4c(F)cccc4Cl)C3)ccc2O1. The Balaban J connectivity index is 1.51. The second-order valence-corrected chi connectivity index (χ2v) is 12.8. The summed E-state index contributed by atoms with van der Waals surface area (Å²) in [5, 5.41) is 0.335. The number of fused-ring (bicyclic) bond motifs is 1. The summed E-state index contributed by atoms with van der Waals surface area (Å²) >= 11 is 6.34. The first-order valence-corrected chi connectivity index (χ1v) is 15.5. The lowest BCUT2D eigenvalue weighted by atomic mass is 9.90. The number of alkyl halides is 3. The van der Waals surface area contributed by atoms with Crippen molar-refractivity contribution >= 4 is 39.0 Å². The van der Waals surface area contributed by atoms with Crippen LogP contribution >= 0.6 is 11.6 Å². The molecule has 2 aliphatic rings. The number of hydrogen-bond acceptors (Lipinski definition) is 6. The Kier molecular flexibility index (Phi) is 8.80. The van der Waals surface area contributed by atoms with E-state index in [0.29, 0.717) is 41.9 Å². The molecule has 0 aliphatic carbocycles. The minimum Gasteiger partial charge on any atom is -0.486 e. The van der Waals surface area contributed by atoms with Crippen molar-refractivity contribution in [3.8, 4) is 5.75 Å². The summed E-state index contributed by atoms with van der Waals surface area (Å²) in [5.74, 6) is -0.908. The van der Waals surface area contributed by atoms with E-state index in [-0.39, 0.29) is 36.7 Å². The van der Waals surface area contributed by atoms with E-state index in [1.54, 1.807) is 30.3 Å². The molecule has 3 aromatic rings.